The van der Waals surface area contributed by atoms with Crippen LogP contribution in [0, 0.1) is 0 Å². The molecule has 0 aromatic heterocycles. The maximum atomic E-state index is 11.8. The van der Waals surface area contributed by atoms with Crippen LogP contribution in [0.5, 0.6) is 5.75 Å². The molecule has 0 unspecified atom stereocenters. The Morgan fingerprint density at radius 2 is 1.80 bits per heavy atom. The van der Waals surface area contributed by atoms with Crippen molar-refractivity contribution in [1.29, 1.82) is 0 Å². The summed E-state index contributed by atoms with van der Waals surface area (Å²) in [4.78, 5) is 22.3. The van der Waals surface area contributed by atoms with Crippen molar-refractivity contribution in [1.82, 2.24) is 5.32 Å². The highest BCUT2D eigenvalue weighted by Gasteiger charge is 2.30. The van der Waals surface area contributed by atoms with Gasteiger partial charge in [-0.3, -0.25) is 9.59 Å². The SMILES string of the molecule is CC(C)c1ccc(OC(C)(C)C(=O)NCC(=O)O)cc1. The van der Waals surface area contributed by atoms with E-state index in [0.29, 0.717) is 11.7 Å². The van der Waals surface area contributed by atoms with E-state index in [1.807, 2.05) is 24.3 Å². The molecule has 0 saturated carbocycles. The van der Waals surface area contributed by atoms with Crippen LogP contribution in [0.15, 0.2) is 24.3 Å². The summed E-state index contributed by atoms with van der Waals surface area (Å²) in [5.74, 6) is -0.552. The van der Waals surface area contributed by atoms with E-state index in [0.717, 1.165) is 0 Å². The largest absolute Gasteiger partial charge is 0.480 e. The normalized spacial score (nSPS) is 11.2. The second-order valence-electron chi connectivity index (χ2n) is 5.41. The van der Waals surface area contributed by atoms with E-state index in [9.17, 15) is 9.59 Å². The standard InChI is InChI=1S/C15H21NO4/c1-10(2)11-5-7-12(8-6-11)20-15(3,4)14(19)16-9-13(17)18/h5-8,10H,9H2,1-4H3,(H,16,19)(H,17,18). The molecule has 0 aliphatic carbocycles. The lowest BCUT2D eigenvalue weighted by atomic mass is 10.0. The number of benzene rings is 1. The van der Waals surface area contributed by atoms with Crippen LogP contribution < -0.4 is 10.1 Å². The molecule has 0 saturated heterocycles. The third-order valence-corrected chi connectivity index (χ3v) is 2.87. The van der Waals surface area contributed by atoms with Crippen molar-refractivity contribution in [2.75, 3.05) is 6.54 Å². The Bertz CT molecular complexity index is 477. The Hall–Kier alpha value is -2.04. The molecule has 20 heavy (non-hydrogen) atoms. The summed E-state index contributed by atoms with van der Waals surface area (Å²) in [6, 6.07) is 7.51. The van der Waals surface area contributed by atoms with Crippen molar-refractivity contribution in [2.45, 2.75) is 39.2 Å². The quantitative estimate of drug-likeness (QED) is 0.836. The minimum atomic E-state index is -1.13. The van der Waals surface area contributed by atoms with Gasteiger partial charge in [-0.25, -0.2) is 0 Å². The first-order valence-corrected chi connectivity index (χ1v) is 6.51. The monoisotopic (exact) mass is 279 g/mol. The second-order valence-corrected chi connectivity index (χ2v) is 5.41. The Labute approximate surface area is 118 Å². The first-order chi connectivity index (χ1) is 9.22. The van der Waals surface area contributed by atoms with Crippen LogP contribution in [0.3, 0.4) is 0 Å². The van der Waals surface area contributed by atoms with Crippen LogP contribution in [0.2, 0.25) is 0 Å². The third kappa shape index (κ3) is 4.57. The zero-order valence-corrected chi connectivity index (χ0v) is 12.3. The molecule has 0 atom stereocenters. The van der Waals surface area contributed by atoms with Gasteiger partial charge in [-0.05, 0) is 37.5 Å². The Kier molecular flexibility index (Phi) is 5.13. The van der Waals surface area contributed by atoms with Crippen LogP contribution in [0.25, 0.3) is 0 Å². The zero-order chi connectivity index (χ0) is 15.3. The van der Waals surface area contributed by atoms with Crippen LogP contribution >= 0.6 is 0 Å². The van der Waals surface area contributed by atoms with Crippen LogP contribution in [-0.2, 0) is 9.59 Å². The lowest BCUT2D eigenvalue weighted by Crippen LogP contribution is -2.47. The van der Waals surface area contributed by atoms with E-state index in [1.165, 1.54) is 5.56 Å². The van der Waals surface area contributed by atoms with Crippen molar-refractivity contribution < 1.29 is 19.4 Å². The Morgan fingerprint density at radius 3 is 2.25 bits per heavy atom. The van der Waals surface area contributed by atoms with Gasteiger partial charge in [-0.1, -0.05) is 26.0 Å². The summed E-state index contributed by atoms with van der Waals surface area (Å²) in [6.45, 7) is 6.97. The van der Waals surface area contributed by atoms with Gasteiger partial charge in [0.15, 0.2) is 5.60 Å². The molecule has 5 nitrogen and oxygen atoms in total. The predicted molar refractivity (Wildman–Crippen MR) is 75.9 cm³/mol. The average Bonchev–Trinajstić information content (AvgIpc) is 2.35. The molecule has 1 aromatic carbocycles. The Balaban J connectivity index is 2.69. The molecule has 110 valence electrons. The van der Waals surface area contributed by atoms with Crippen LogP contribution in [-0.4, -0.2) is 29.1 Å². The summed E-state index contributed by atoms with van der Waals surface area (Å²) in [7, 11) is 0. The fourth-order valence-electron chi connectivity index (χ4n) is 1.63. The van der Waals surface area contributed by atoms with E-state index >= 15 is 0 Å². The minimum absolute atomic E-state index is 0.419. The van der Waals surface area contributed by atoms with Gasteiger partial charge in [0.1, 0.15) is 12.3 Å². The van der Waals surface area contributed by atoms with Gasteiger partial charge in [0.05, 0.1) is 0 Å². The molecular formula is C15H21NO4. The fourth-order valence-corrected chi connectivity index (χ4v) is 1.63. The van der Waals surface area contributed by atoms with E-state index in [2.05, 4.69) is 19.2 Å². The summed E-state index contributed by atoms with van der Waals surface area (Å²) in [6.07, 6.45) is 0. The number of nitrogens with one attached hydrogen (secondary N) is 1. The highest BCUT2D eigenvalue weighted by atomic mass is 16.5. The van der Waals surface area contributed by atoms with Gasteiger partial charge in [-0.2, -0.15) is 0 Å². The fraction of sp³-hybridized carbons (Fsp3) is 0.467. The smallest absolute Gasteiger partial charge is 0.322 e. The molecule has 0 radical (unpaired) electrons. The number of carboxylic acids is 1. The van der Waals surface area contributed by atoms with Crippen molar-refractivity contribution >= 4 is 11.9 Å². The molecule has 1 amide bonds. The van der Waals surface area contributed by atoms with Gasteiger partial charge in [0.2, 0.25) is 0 Å². The number of carbonyl (C=O) groups is 2. The number of carboxylic acid groups (broad SMARTS) is 1. The topological polar surface area (TPSA) is 75.6 Å². The summed E-state index contributed by atoms with van der Waals surface area (Å²) >= 11 is 0. The minimum Gasteiger partial charge on any atom is -0.480 e. The van der Waals surface area contributed by atoms with Gasteiger partial charge in [0, 0.05) is 0 Å². The molecule has 0 spiro atoms. The lowest BCUT2D eigenvalue weighted by Gasteiger charge is -2.25. The molecular weight excluding hydrogens is 258 g/mol. The van der Waals surface area contributed by atoms with E-state index in [-0.39, 0.29) is 0 Å². The first-order valence-electron chi connectivity index (χ1n) is 6.51. The Morgan fingerprint density at radius 1 is 1.25 bits per heavy atom. The number of amides is 1. The molecule has 0 aliphatic heterocycles. The number of hydrogen-bond acceptors (Lipinski definition) is 3. The van der Waals surface area contributed by atoms with Crippen molar-refractivity contribution in [3.8, 4) is 5.75 Å². The molecule has 0 heterocycles. The third-order valence-electron chi connectivity index (χ3n) is 2.87. The summed E-state index contributed by atoms with van der Waals surface area (Å²) in [5, 5.41) is 10.9. The van der Waals surface area contributed by atoms with Crippen LogP contribution in [0.1, 0.15) is 39.2 Å². The summed E-state index contributed by atoms with van der Waals surface area (Å²) < 4.78 is 5.63. The number of ether oxygens (including phenoxy) is 1. The second kappa shape index (κ2) is 6.41. The highest BCUT2D eigenvalue weighted by molar-refractivity contribution is 5.87. The number of hydrogen-bond donors (Lipinski definition) is 2. The van der Waals surface area contributed by atoms with Crippen molar-refractivity contribution in [2.24, 2.45) is 0 Å². The maximum absolute atomic E-state index is 11.8. The molecule has 1 rings (SSSR count). The molecule has 1 aromatic rings. The molecule has 2 N–H and O–H groups in total. The van der Waals surface area contributed by atoms with E-state index in [4.69, 9.17) is 9.84 Å². The first kappa shape index (κ1) is 16.0. The molecule has 5 heteroatoms. The number of aliphatic carboxylic acids is 1. The highest BCUT2D eigenvalue weighted by Crippen LogP contribution is 2.22. The van der Waals surface area contributed by atoms with Gasteiger partial charge in [0.25, 0.3) is 5.91 Å². The van der Waals surface area contributed by atoms with Crippen molar-refractivity contribution in [3.05, 3.63) is 29.8 Å². The zero-order valence-electron chi connectivity index (χ0n) is 12.3. The predicted octanol–water partition coefficient (Wildman–Crippen LogP) is 2.17. The number of rotatable bonds is 6. The molecule has 0 fully saturated rings. The summed E-state index contributed by atoms with van der Waals surface area (Å²) in [5.41, 5.74) is 0.0555. The van der Waals surface area contributed by atoms with Gasteiger partial charge in [-0.15, -0.1) is 0 Å². The average molecular weight is 279 g/mol. The number of carbonyl (C=O) groups excluding carboxylic acids is 1. The lowest BCUT2D eigenvalue weighted by molar-refractivity contribution is -0.141. The van der Waals surface area contributed by atoms with Gasteiger partial charge >= 0.3 is 5.97 Å². The maximum Gasteiger partial charge on any atom is 0.322 e. The van der Waals surface area contributed by atoms with Crippen LogP contribution in [0.4, 0.5) is 0 Å². The molecule has 0 aliphatic rings. The van der Waals surface area contributed by atoms with Crippen molar-refractivity contribution in [3.63, 3.8) is 0 Å². The van der Waals surface area contributed by atoms with Gasteiger partial charge < -0.3 is 15.2 Å². The molecule has 0 bridgehead atoms. The van der Waals surface area contributed by atoms with E-state index in [1.54, 1.807) is 13.8 Å². The van der Waals surface area contributed by atoms with E-state index < -0.39 is 24.0 Å².